The van der Waals surface area contributed by atoms with Crippen LogP contribution >= 0.6 is 0 Å². The molecule has 0 saturated heterocycles. The maximum absolute atomic E-state index is 12.0. The summed E-state index contributed by atoms with van der Waals surface area (Å²) in [6, 6.07) is 4.67. The van der Waals surface area contributed by atoms with Gasteiger partial charge in [-0.05, 0) is 31.1 Å². The largest absolute Gasteiger partial charge is 0.504 e. The summed E-state index contributed by atoms with van der Waals surface area (Å²) in [4.78, 5) is 12.0. The van der Waals surface area contributed by atoms with Crippen LogP contribution in [-0.2, 0) is 0 Å². The zero-order chi connectivity index (χ0) is 18.1. The number of unbranched alkanes of at least 4 members (excludes halogenated alkanes) is 4. The van der Waals surface area contributed by atoms with E-state index in [1.165, 1.54) is 25.2 Å². The zero-order valence-corrected chi connectivity index (χ0v) is 14.4. The third-order valence-corrected chi connectivity index (χ3v) is 3.68. The highest BCUT2D eigenvalue weighted by atomic mass is 16.5. The quantitative estimate of drug-likeness (QED) is 0.386. The Bertz CT molecular complexity index is 762. The van der Waals surface area contributed by atoms with E-state index in [0.29, 0.717) is 11.1 Å². The molecule has 1 heterocycles. The van der Waals surface area contributed by atoms with E-state index in [1.807, 2.05) is 6.08 Å². The van der Waals surface area contributed by atoms with Gasteiger partial charge in [-0.2, -0.15) is 0 Å². The molecule has 6 nitrogen and oxygen atoms in total. The maximum Gasteiger partial charge on any atom is 0.383 e. The van der Waals surface area contributed by atoms with Crippen LogP contribution < -0.4 is 15.1 Å². The van der Waals surface area contributed by atoms with Crippen molar-refractivity contribution < 1.29 is 24.1 Å². The molecule has 1 aromatic heterocycles. The number of hydrogen-bond donors (Lipinski definition) is 2. The lowest BCUT2D eigenvalue weighted by atomic mass is 10.1. The van der Waals surface area contributed by atoms with Crippen LogP contribution in [0.4, 0.5) is 0 Å². The predicted octanol–water partition coefficient (Wildman–Crippen LogP) is 3.73. The van der Waals surface area contributed by atoms with Crippen molar-refractivity contribution in [1.29, 1.82) is 0 Å². The topological polar surface area (TPSA) is 89.1 Å². The van der Waals surface area contributed by atoms with E-state index in [9.17, 15) is 9.90 Å². The second-order valence-electron chi connectivity index (χ2n) is 5.64. The number of hydrogen-bond acceptors (Lipinski definition) is 6. The van der Waals surface area contributed by atoms with Gasteiger partial charge in [0, 0.05) is 6.07 Å². The lowest BCUT2D eigenvalue weighted by Gasteiger charge is -2.08. The Labute approximate surface area is 146 Å². The fourth-order valence-electron chi connectivity index (χ4n) is 2.38. The van der Waals surface area contributed by atoms with Crippen LogP contribution in [0.2, 0.25) is 0 Å². The van der Waals surface area contributed by atoms with Gasteiger partial charge in [-0.25, -0.2) is 4.79 Å². The van der Waals surface area contributed by atoms with Crippen molar-refractivity contribution in [3.05, 3.63) is 41.0 Å². The SMILES string of the molecule is CCCCCCC=COc1c(O)c2ccc(OCCO)cc2oc1=O. The number of benzene rings is 1. The number of aromatic hydroxyl groups is 1. The molecule has 0 unspecified atom stereocenters. The van der Waals surface area contributed by atoms with Crippen LogP contribution in [0.5, 0.6) is 17.2 Å². The minimum Gasteiger partial charge on any atom is -0.504 e. The van der Waals surface area contributed by atoms with Crippen LogP contribution in [-0.4, -0.2) is 23.4 Å². The Hall–Kier alpha value is -2.47. The highest BCUT2D eigenvalue weighted by Crippen LogP contribution is 2.33. The first kappa shape index (κ1) is 18.9. The van der Waals surface area contributed by atoms with E-state index in [1.54, 1.807) is 12.1 Å². The average Bonchev–Trinajstić information content (AvgIpc) is 2.61. The summed E-state index contributed by atoms with van der Waals surface area (Å²) in [5.41, 5.74) is -0.575. The summed E-state index contributed by atoms with van der Waals surface area (Å²) < 4.78 is 15.7. The third kappa shape index (κ3) is 5.26. The number of allylic oxidation sites excluding steroid dienone is 1. The third-order valence-electron chi connectivity index (χ3n) is 3.68. The molecule has 2 aromatic rings. The molecule has 0 aliphatic heterocycles. The summed E-state index contributed by atoms with van der Waals surface area (Å²) in [7, 11) is 0. The molecule has 25 heavy (non-hydrogen) atoms. The fraction of sp³-hybridized carbons (Fsp3) is 0.421. The second-order valence-corrected chi connectivity index (χ2v) is 5.64. The first-order valence-electron chi connectivity index (χ1n) is 8.52. The van der Waals surface area contributed by atoms with Gasteiger partial charge in [0.15, 0.2) is 5.75 Å². The maximum atomic E-state index is 12.0. The Balaban J connectivity index is 2.10. The summed E-state index contributed by atoms with van der Waals surface area (Å²) in [5.74, 6) is -0.0679. The Morgan fingerprint density at radius 3 is 2.84 bits per heavy atom. The molecule has 0 amide bonds. The van der Waals surface area contributed by atoms with E-state index in [4.69, 9.17) is 19.0 Å². The molecule has 0 saturated carbocycles. The molecule has 1 aromatic carbocycles. The van der Waals surface area contributed by atoms with Gasteiger partial charge in [0.25, 0.3) is 5.75 Å². The predicted molar refractivity (Wildman–Crippen MR) is 95.3 cm³/mol. The van der Waals surface area contributed by atoms with Gasteiger partial charge in [-0.3, -0.25) is 0 Å². The van der Waals surface area contributed by atoms with Gasteiger partial charge in [-0.1, -0.05) is 26.2 Å². The van der Waals surface area contributed by atoms with Crippen molar-refractivity contribution >= 4 is 11.0 Å². The lowest BCUT2D eigenvalue weighted by molar-refractivity contribution is 0.201. The van der Waals surface area contributed by atoms with Gasteiger partial charge >= 0.3 is 5.63 Å². The second kappa shape index (κ2) is 9.74. The molecule has 0 spiro atoms. The number of aliphatic hydroxyl groups excluding tert-OH is 1. The number of fused-ring (bicyclic) bond motifs is 1. The van der Waals surface area contributed by atoms with E-state index in [-0.39, 0.29) is 30.3 Å². The number of rotatable bonds is 10. The van der Waals surface area contributed by atoms with E-state index in [2.05, 4.69) is 6.92 Å². The van der Waals surface area contributed by atoms with Crippen molar-refractivity contribution in [1.82, 2.24) is 0 Å². The van der Waals surface area contributed by atoms with Crippen LogP contribution in [0.25, 0.3) is 11.0 Å². The van der Waals surface area contributed by atoms with E-state index in [0.717, 1.165) is 19.3 Å². The monoisotopic (exact) mass is 348 g/mol. The Morgan fingerprint density at radius 1 is 1.24 bits per heavy atom. The average molecular weight is 348 g/mol. The van der Waals surface area contributed by atoms with Crippen LogP contribution in [0, 0.1) is 0 Å². The highest BCUT2D eigenvalue weighted by Gasteiger charge is 2.15. The zero-order valence-electron chi connectivity index (χ0n) is 14.4. The van der Waals surface area contributed by atoms with Gasteiger partial charge in [0.05, 0.1) is 18.3 Å². The molecule has 0 fully saturated rings. The molecule has 0 bridgehead atoms. The molecular formula is C19H24O6. The summed E-state index contributed by atoms with van der Waals surface area (Å²) in [6.07, 6.45) is 8.68. The summed E-state index contributed by atoms with van der Waals surface area (Å²) in [5, 5.41) is 19.4. The first-order valence-corrected chi connectivity index (χ1v) is 8.52. The summed E-state index contributed by atoms with van der Waals surface area (Å²) >= 11 is 0. The molecular weight excluding hydrogens is 324 g/mol. The molecule has 136 valence electrons. The number of ether oxygens (including phenoxy) is 2. The van der Waals surface area contributed by atoms with Gasteiger partial charge in [-0.15, -0.1) is 0 Å². The van der Waals surface area contributed by atoms with Crippen molar-refractivity contribution in [2.45, 2.75) is 39.0 Å². The van der Waals surface area contributed by atoms with Gasteiger partial charge in [0.2, 0.25) is 0 Å². The molecule has 2 N–H and O–H groups in total. The molecule has 6 heteroatoms. The minimum absolute atomic E-state index is 0.120. The van der Waals surface area contributed by atoms with Gasteiger partial charge in [0.1, 0.15) is 17.9 Å². The summed E-state index contributed by atoms with van der Waals surface area (Å²) in [6.45, 7) is 2.17. The molecule has 0 atom stereocenters. The smallest absolute Gasteiger partial charge is 0.383 e. The van der Waals surface area contributed by atoms with Crippen LogP contribution in [0.1, 0.15) is 39.0 Å². The molecule has 0 aliphatic carbocycles. The van der Waals surface area contributed by atoms with Crippen LogP contribution in [0.3, 0.4) is 0 Å². The molecule has 0 aliphatic rings. The number of aliphatic hydroxyl groups is 1. The minimum atomic E-state index is -0.764. The van der Waals surface area contributed by atoms with E-state index >= 15 is 0 Å². The van der Waals surface area contributed by atoms with Gasteiger partial charge < -0.3 is 24.1 Å². The first-order chi connectivity index (χ1) is 12.2. The fourth-order valence-corrected chi connectivity index (χ4v) is 2.38. The van der Waals surface area contributed by atoms with Crippen LogP contribution in [0.15, 0.2) is 39.7 Å². The lowest BCUT2D eigenvalue weighted by Crippen LogP contribution is -2.04. The normalized spacial score (nSPS) is 11.3. The Morgan fingerprint density at radius 2 is 2.08 bits per heavy atom. The molecule has 0 radical (unpaired) electrons. The van der Waals surface area contributed by atoms with E-state index < -0.39 is 5.63 Å². The molecule has 2 rings (SSSR count). The van der Waals surface area contributed by atoms with Crippen molar-refractivity contribution in [3.63, 3.8) is 0 Å². The standard InChI is InChI=1S/C19H24O6/c1-2-3-4-5-6-7-11-24-18-17(21)15-9-8-14(23-12-10-20)13-16(15)25-19(18)22/h7-9,11,13,20-21H,2-6,10,12H2,1H3. The highest BCUT2D eigenvalue weighted by molar-refractivity contribution is 5.86. The van der Waals surface area contributed by atoms with Crippen molar-refractivity contribution in [2.75, 3.05) is 13.2 Å². The van der Waals surface area contributed by atoms with Crippen molar-refractivity contribution in [2.24, 2.45) is 0 Å². The van der Waals surface area contributed by atoms with Crippen molar-refractivity contribution in [3.8, 4) is 17.2 Å². The Kier molecular flexibility index (Phi) is 7.35.